The van der Waals surface area contributed by atoms with Crippen LogP contribution in [0.5, 0.6) is 5.75 Å². The van der Waals surface area contributed by atoms with Crippen LogP contribution in [-0.4, -0.2) is 35.8 Å². The van der Waals surface area contributed by atoms with Crippen molar-refractivity contribution < 1.29 is 14.3 Å². The number of carbonyl (C=O) groups is 1. The van der Waals surface area contributed by atoms with Crippen molar-refractivity contribution in [2.45, 2.75) is 12.8 Å². The maximum atomic E-state index is 12.0. The minimum absolute atomic E-state index is 0.0647. The van der Waals surface area contributed by atoms with Crippen LogP contribution < -0.4 is 10.1 Å². The highest BCUT2D eigenvalue weighted by molar-refractivity contribution is 5.96. The number of aryl methyl sites for hydroxylation is 1. The maximum absolute atomic E-state index is 12.0. The predicted molar refractivity (Wildman–Crippen MR) is 105 cm³/mol. The Morgan fingerprint density at radius 1 is 1.26 bits per heavy atom. The van der Waals surface area contributed by atoms with Crippen molar-refractivity contribution in [2.75, 3.05) is 25.6 Å². The summed E-state index contributed by atoms with van der Waals surface area (Å²) in [5.74, 6) is 1.64. The second-order valence-electron chi connectivity index (χ2n) is 6.82. The second kappa shape index (κ2) is 7.40. The molecule has 0 radical (unpaired) electrons. The predicted octanol–water partition coefficient (Wildman–Crippen LogP) is 3.61. The van der Waals surface area contributed by atoms with Crippen molar-refractivity contribution in [3.63, 3.8) is 0 Å². The fraction of sp³-hybridized carbons (Fsp3) is 0.333. The summed E-state index contributed by atoms with van der Waals surface area (Å²) in [5.41, 5.74) is 3.04. The zero-order valence-corrected chi connectivity index (χ0v) is 15.6. The standard InChI is InChI=1S/C21H23N3O3/c1-24-17(16-5-3-4-6-19(16)27-10-9-26-2)11-15-12-20(22-13-18(15)24)23-21(25)14-7-8-14/h3-6,11-14H,7-10H2,1-2H3,(H,22,23,25). The number of amides is 1. The van der Waals surface area contributed by atoms with Crippen LogP contribution in [0.15, 0.2) is 42.6 Å². The zero-order valence-electron chi connectivity index (χ0n) is 15.6. The molecule has 27 heavy (non-hydrogen) atoms. The first-order chi connectivity index (χ1) is 13.2. The van der Waals surface area contributed by atoms with Gasteiger partial charge in [0, 0.05) is 31.0 Å². The molecule has 140 valence electrons. The molecular weight excluding hydrogens is 342 g/mol. The van der Waals surface area contributed by atoms with Crippen LogP contribution in [0, 0.1) is 5.92 Å². The van der Waals surface area contributed by atoms with E-state index in [1.807, 2.05) is 37.4 Å². The molecule has 1 N–H and O–H groups in total. The molecule has 1 aliphatic carbocycles. The number of ether oxygens (including phenoxy) is 2. The summed E-state index contributed by atoms with van der Waals surface area (Å²) < 4.78 is 13.0. The average Bonchev–Trinajstić information content (AvgIpc) is 3.47. The SMILES string of the molecule is COCCOc1ccccc1-c1cc2cc(NC(=O)C3CC3)ncc2n1C. The molecule has 0 aliphatic heterocycles. The number of pyridine rings is 1. The Hall–Kier alpha value is -2.86. The summed E-state index contributed by atoms with van der Waals surface area (Å²) in [7, 11) is 3.67. The van der Waals surface area contributed by atoms with E-state index in [1.165, 1.54) is 0 Å². The third-order valence-corrected chi connectivity index (χ3v) is 4.84. The van der Waals surface area contributed by atoms with Gasteiger partial charge in [-0.15, -0.1) is 0 Å². The monoisotopic (exact) mass is 365 g/mol. The molecule has 2 heterocycles. The molecule has 1 amide bonds. The number of anilines is 1. The fourth-order valence-corrected chi connectivity index (χ4v) is 3.17. The number of fused-ring (bicyclic) bond motifs is 1. The number of hydrogen-bond acceptors (Lipinski definition) is 4. The van der Waals surface area contributed by atoms with Gasteiger partial charge in [-0.25, -0.2) is 4.98 Å². The molecule has 3 aromatic rings. The van der Waals surface area contributed by atoms with Crippen molar-refractivity contribution in [1.82, 2.24) is 9.55 Å². The van der Waals surface area contributed by atoms with Crippen LogP contribution in [-0.2, 0) is 16.6 Å². The maximum Gasteiger partial charge on any atom is 0.228 e. The number of benzene rings is 1. The Morgan fingerprint density at radius 3 is 2.85 bits per heavy atom. The molecule has 0 atom stereocenters. The summed E-state index contributed by atoms with van der Waals surface area (Å²) in [6.45, 7) is 1.04. The molecule has 6 heteroatoms. The molecule has 6 nitrogen and oxygen atoms in total. The Morgan fingerprint density at radius 2 is 2.07 bits per heavy atom. The van der Waals surface area contributed by atoms with Crippen LogP contribution in [0.3, 0.4) is 0 Å². The number of aromatic nitrogens is 2. The van der Waals surface area contributed by atoms with Crippen molar-refractivity contribution in [2.24, 2.45) is 13.0 Å². The van der Waals surface area contributed by atoms with Gasteiger partial charge in [0.25, 0.3) is 0 Å². The lowest BCUT2D eigenvalue weighted by atomic mass is 10.1. The van der Waals surface area contributed by atoms with E-state index in [0.717, 1.165) is 40.8 Å². The van der Waals surface area contributed by atoms with Gasteiger partial charge in [-0.2, -0.15) is 0 Å². The van der Waals surface area contributed by atoms with Crippen molar-refractivity contribution >= 4 is 22.6 Å². The average molecular weight is 365 g/mol. The Labute approximate surface area is 158 Å². The molecule has 1 saturated carbocycles. The Kier molecular flexibility index (Phi) is 4.81. The quantitative estimate of drug-likeness (QED) is 0.650. The summed E-state index contributed by atoms with van der Waals surface area (Å²) in [4.78, 5) is 16.4. The molecule has 0 saturated heterocycles. The zero-order chi connectivity index (χ0) is 18.8. The number of hydrogen-bond donors (Lipinski definition) is 1. The molecular formula is C21H23N3O3. The third-order valence-electron chi connectivity index (χ3n) is 4.84. The first-order valence-electron chi connectivity index (χ1n) is 9.15. The lowest BCUT2D eigenvalue weighted by Crippen LogP contribution is -2.14. The van der Waals surface area contributed by atoms with Gasteiger partial charge in [0.2, 0.25) is 5.91 Å². The summed E-state index contributed by atoms with van der Waals surface area (Å²) in [6, 6.07) is 12.0. The third kappa shape index (κ3) is 3.66. The largest absolute Gasteiger partial charge is 0.490 e. The highest BCUT2D eigenvalue weighted by Gasteiger charge is 2.29. The minimum atomic E-state index is 0.0647. The molecule has 0 spiro atoms. The molecule has 0 unspecified atom stereocenters. The number of carbonyl (C=O) groups excluding carboxylic acids is 1. The Bertz CT molecular complexity index is 976. The minimum Gasteiger partial charge on any atom is -0.490 e. The van der Waals surface area contributed by atoms with E-state index in [0.29, 0.717) is 19.0 Å². The normalized spacial score (nSPS) is 13.7. The smallest absolute Gasteiger partial charge is 0.228 e. The van der Waals surface area contributed by atoms with Crippen LogP contribution in [0.25, 0.3) is 22.2 Å². The van der Waals surface area contributed by atoms with Crippen LogP contribution in [0.4, 0.5) is 5.82 Å². The van der Waals surface area contributed by atoms with Gasteiger partial charge in [-0.1, -0.05) is 12.1 Å². The molecule has 1 aromatic carbocycles. The topological polar surface area (TPSA) is 65.4 Å². The first kappa shape index (κ1) is 17.5. The van der Waals surface area contributed by atoms with E-state index >= 15 is 0 Å². The van der Waals surface area contributed by atoms with Crippen LogP contribution in [0.2, 0.25) is 0 Å². The van der Waals surface area contributed by atoms with Gasteiger partial charge in [-0.05, 0) is 37.1 Å². The second-order valence-corrected chi connectivity index (χ2v) is 6.82. The van der Waals surface area contributed by atoms with Gasteiger partial charge in [0.05, 0.1) is 24.0 Å². The van der Waals surface area contributed by atoms with Gasteiger partial charge >= 0.3 is 0 Å². The summed E-state index contributed by atoms with van der Waals surface area (Å²) in [6.07, 6.45) is 3.75. The lowest BCUT2D eigenvalue weighted by molar-refractivity contribution is -0.117. The molecule has 1 fully saturated rings. The molecule has 2 aromatic heterocycles. The molecule has 1 aliphatic rings. The molecule has 4 rings (SSSR count). The number of nitrogens with one attached hydrogen (secondary N) is 1. The number of nitrogens with zero attached hydrogens (tertiary/aromatic N) is 2. The van der Waals surface area contributed by atoms with Gasteiger partial charge in [0.15, 0.2) is 0 Å². The van der Waals surface area contributed by atoms with Crippen molar-refractivity contribution in [3.8, 4) is 17.0 Å². The Balaban J connectivity index is 1.66. The first-order valence-corrected chi connectivity index (χ1v) is 9.15. The highest BCUT2D eigenvalue weighted by Crippen LogP contribution is 2.34. The van der Waals surface area contributed by atoms with E-state index in [-0.39, 0.29) is 11.8 Å². The number of rotatable bonds is 7. The van der Waals surface area contributed by atoms with Crippen LogP contribution in [0.1, 0.15) is 12.8 Å². The van der Waals surface area contributed by atoms with Crippen LogP contribution >= 0.6 is 0 Å². The van der Waals surface area contributed by atoms with Crippen molar-refractivity contribution in [1.29, 1.82) is 0 Å². The summed E-state index contributed by atoms with van der Waals surface area (Å²) >= 11 is 0. The van der Waals surface area contributed by atoms with E-state index in [9.17, 15) is 4.79 Å². The van der Waals surface area contributed by atoms with E-state index < -0.39 is 0 Å². The van der Waals surface area contributed by atoms with E-state index in [4.69, 9.17) is 9.47 Å². The van der Waals surface area contributed by atoms with Gasteiger partial charge < -0.3 is 19.4 Å². The summed E-state index contributed by atoms with van der Waals surface area (Å²) in [5, 5.41) is 3.94. The van der Waals surface area contributed by atoms with E-state index in [1.54, 1.807) is 13.3 Å². The van der Waals surface area contributed by atoms with Gasteiger partial charge in [-0.3, -0.25) is 4.79 Å². The number of para-hydroxylation sites is 1. The fourth-order valence-electron chi connectivity index (χ4n) is 3.17. The number of methoxy groups -OCH3 is 1. The lowest BCUT2D eigenvalue weighted by Gasteiger charge is -2.12. The van der Waals surface area contributed by atoms with Crippen molar-refractivity contribution in [3.05, 3.63) is 42.6 Å². The van der Waals surface area contributed by atoms with E-state index in [2.05, 4.69) is 20.9 Å². The highest BCUT2D eigenvalue weighted by atomic mass is 16.5. The van der Waals surface area contributed by atoms with Gasteiger partial charge in [0.1, 0.15) is 18.2 Å². The molecule has 0 bridgehead atoms.